The van der Waals surface area contributed by atoms with Crippen molar-refractivity contribution >= 4 is 9.84 Å². The first kappa shape index (κ1) is 14.9. The number of methoxy groups -OCH3 is 1. The maximum Gasteiger partial charge on any atom is 0.150 e. The van der Waals surface area contributed by atoms with Crippen LogP contribution >= 0.6 is 0 Å². The monoisotopic (exact) mass is 264 g/mol. The van der Waals surface area contributed by atoms with Gasteiger partial charge < -0.3 is 9.84 Å². The van der Waals surface area contributed by atoms with Gasteiger partial charge in [-0.3, -0.25) is 0 Å². The Kier molecular flexibility index (Phi) is 5.41. The van der Waals surface area contributed by atoms with Crippen LogP contribution in [-0.4, -0.2) is 43.8 Å². The highest BCUT2D eigenvalue weighted by atomic mass is 32.2. The Hall–Kier alpha value is -0.130. The van der Waals surface area contributed by atoms with Crippen molar-refractivity contribution in [3.8, 4) is 0 Å². The van der Waals surface area contributed by atoms with Crippen LogP contribution in [-0.2, 0) is 14.6 Å². The van der Waals surface area contributed by atoms with Gasteiger partial charge in [0.25, 0.3) is 0 Å². The van der Waals surface area contributed by atoms with E-state index in [9.17, 15) is 13.5 Å². The number of aliphatic hydroxyl groups is 1. The molecule has 0 aromatic rings. The van der Waals surface area contributed by atoms with Crippen molar-refractivity contribution in [2.24, 2.45) is 0 Å². The van der Waals surface area contributed by atoms with Gasteiger partial charge in [0.05, 0.1) is 17.5 Å². The highest BCUT2D eigenvalue weighted by molar-refractivity contribution is 7.91. The van der Waals surface area contributed by atoms with Crippen molar-refractivity contribution in [3.05, 3.63) is 0 Å². The maximum atomic E-state index is 11.4. The lowest BCUT2D eigenvalue weighted by molar-refractivity contribution is -0.0634. The van der Waals surface area contributed by atoms with E-state index in [2.05, 4.69) is 0 Å². The molecule has 0 amide bonds. The summed E-state index contributed by atoms with van der Waals surface area (Å²) in [6.07, 6.45) is 4.57. The van der Waals surface area contributed by atoms with Gasteiger partial charge in [-0.2, -0.15) is 0 Å². The van der Waals surface area contributed by atoms with Crippen LogP contribution in [0.25, 0.3) is 0 Å². The standard InChI is InChI=1S/C12H24O4S/c1-3-17(14,15)9-5-8-12(13)7-4-6-11(10-12)16-2/h11,13H,3-10H2,1-2H3. The van der Waals surface area contributed by atoms with Crippen LogP contribution in [0.5, 0.6) is 0 Å². The van der Waals surface area contributed by atoms with Gasteiger partial charge in [0.15, 0.2) is 0 Å². The van der Waals surface area contributed by atoms with Gasteiger partial charge in [0, 0.05) is 19.3 Å². The van der Waals surface area contributed by atoms with Gasteiger partial charge in [0.1, 0.15) is 9.84 Å². The van der Waals surface area contributed by atoms with Crippen LogP contribution in [0.15, 0.2) is 0 Å². The molecule has 4 nitrogen and oxygen atoms in total. The summed E-state index contributed by atoms with van der Waals surface area (Å²) in [4.78, 5) is 0. The summed E-state index contributed by atoms with van der Waals surface area (Å²) in [6.45, 7) is 1.66. The zero-order valence-electron chi connectivity index (χ0n) is 10.8. The summed E-state index contributed by atoms with van der Waals surface area (Å²) in [5, 5.41) is 10.4. The summed E-state index contributed by atoms with van der Waals surface area (Å²) in [5.74, 6) is 0.371. The van der Waals surface area contributed by atoms with Crippen LogP contribution in [0.4, 0.5) is 0 Å². The van der Waals surface area contributed by atoms with Gasteiger partial charge in [-0.15, -0.1) is 0 Å². The Morgan fingerprint density at radius 1 is 1.47 bits per heavy atom. The molecule has 1 aliphatic carbocycles. The van der Waals surface area contributed by atoms with E-state index in [1.54, 1.807) is 14.0 Å². The predicted molar refractivity (Wildman–Crippen MR) is 67.8 cm³/mol. The zero-order valence-corrected chi connectivity index (χ0v) is 11.6. The lowest BCUT2D eigenvalue weighted by atomic mass is 9.80. The zero-order chi connectivity index (χ0) is 12.9. The molecule has 1 fully saturated rings. The molecule has 2 unspecified atom stereocenters. The Bertz CT molecular complexity index is 325. The minimum Gasteiger partial charge on any atom is -0.390 e. The van der Waals surface area contributed by atoms with Crippen molar-refractivity contribution in [1.29, 1.82) is 0 Å². The summed E-state index contributed by atoms with van der Waals surface area (Å²) in [5.41, 5.74) is -0.720. The number of hydrogen-bond acceptors (Lipinski definition) is 4. The molecule has 0 aromatic heterocycles. The number of sulfone groups is 1. The molecule has 1 N–H and O–H groups in total. The minimum absolute atomic E-state index is 0.122. The molecule has 17 heavy (non-hydrogen) atoms. The number of hydrogen-bond donors (Lipinski definition) is 1. The maximum absolute atomic E-state index is 11.4. The molecule has 0 aromatic carbocycles. The fraction of sp³-hybridized carbons (Fsp3) is 1.00. The first-order valence-electron chi connectivity index (χ1n) is 6.36. The van der Waals surface area contributed by atoms with Crippen molar-refractivity contribution in [3.63, 3.8) is 0 Å². The van der Waals surface area contributed by atoms with Crippen molar-refractivity contribution < 1.29 is 18.3 Å². The lowest BCUT2D eigenvalue weighted by Gasteiger charge is -2.36. The quantitative estimate of drug-likeness (QED) is 0.790. The number of rotatable bonds is 6. The second-order valence-corrected chi connectivity index (χ2v) is 7.49. The van der Waals surface area contributed by atoms with Crippen LogP contribution in [0.3, 0.4) is 0 Å². The minimum atomic E-state index is -2.91. The molecule has 0 radical (unpaired) electrons. The molecule has 0 spiro atoms. The van der Waals surface area contributed by atoms with E-state index in [0.717, 1.165) is 19.3 Å². The van der Waals surface area contributed by atoms with Crippen LogP contribution in [0.1, 0.15) is 45.4 Å². The smallest absolute Gasteiger partial charge is 0.150 e. The van der Waals surface area contributed by atoms with E-state index in [1.165, 1.54) is 0 Å². The second kappa shape index (κ2) is 6.16. The molecule has 1 rings (SSSR count). The lowest BCUT2D eigenvalue weighted by Crippen LogP contribution is -2.38. The molecule has 0 saturated heterocycles. The van der Waals surface area contributed by atoms with Gasteiger partial charge >= 0.3 is 0 Å². The van der Waals surface area contributed by atoms with Crippen LogP contribution in [0.2, 0.25) is 0 Å². The predicted octanol–water partition coefficient (Wildman–Crippen LogP) is 1.52. The van der Waals surface area contributed by atoms with Crippen LogP contribution in [0, 0.1) is 0 Å². The van der Waals surface area contributed by atoms with Crippen molar-refractivity contribution in [1.82, 2.24) is 0 Å². The van der Waals surface area contributed by atoms with Gasteiger partial charge in [0.2, 0.25) is 0 Å². The van der Waals surface area contributed by atoms with Gasteiger partial charge in [-0.25, -0.2) is 8.42 Å². The molecule has 0 heterocycles. The molecular formula is C12H24O4S. The Balaban J connectivity index is 2.39. The number of ether oxygens (including phenoxy) is 1. The first-order chi connectivity index (χ1) is 7.91. The third-order valence-corrected chi connectivity index (χ3v) is 5.44. The SMILES string of the molecule is CCS(=O)(=O)CCCC1(O)CCCC(OC)C1. The molecule has 0 aliphatic heterocycles. The molecule has 0 bridgehead atoms. The average Bonchev–Trinajstić information content (AvgIpc) is 2.28. The fourth-order valence-electron chi connectivity index (χ4n) is 2.48. The summed E-state index contributed by atoms with van der Waals surface area (Å²) in [7, 11) is -1.24. The molecule has 5 heteroatoms. The van der Waals surface area contributed by atoms with Crippen molar-refractivity contribution in [2.45, 2.75) is 57.2 Å². The van der Waals surface area contributed by atoms with Crippen molar-refractivity contribution in [2.75, 3.05) is 18.6 Å². The molecule has 2 atom stereocenters. The molecule has 102 valence electrons. The molecule has 1 saturated carbocycles. The summed E-state index contributed by atoms with van der Waals surface area (Å²) in [6, 6.07) is 0. The highest BCUT2D eigenvalue weighted by Gasteiger charge is 2.34. The third kappa shape index (κ3) is 4.94. The summed E-state index contributed by atoms with van der Waals surface area (Å²) < 4.78 is 28.0. The van der Waals surface area contributed by atoms with Gasteiger partial charge in [-0.1, -0.05) is 6.92 Å². The van der Waals surface area contributed by atoms with E-state index in [1.807, 2.05) is 0 Å². The second-order valence-electron chi connectivity index (χ2n) is 5.02. The molecular weight excluding hydrogens is 240 g/mol. The first-order valence-corrected chi connectivity index (χ1v) is 8.18. The van der Waals surface area contributed by atoms with E-state index >= 15 is 0 Å². The van der Waals surface area contributed by atoms with E-state index in [0.29, 0.717) is 19.3 Å². The molecule has 1 aliphatic rings. The van der Waals surface area contributed by atoms with Crippen LogP contribution < -0.4 is 0 Å². The van der Waals surface area contributed by atoms with E-state index in [4.69, 9.17) is 4.74 Å². The summed E-state index contributed by atoms with van der Waals surface area (Å²) >= 11 is 0. The largest absolute Gasteiger partial charge is 0.390 e. The third-order valence-electron chi connectivity index (χ3n) is 3.65. The Morgan fingerprint density at radius 3 is 2.76 bits per heavy atom. The van der Waals surface area contributed by atoms with E-state index in [-0.39, 0.29) is 17.6 Å². The Labute approximate surface area is 104 Å². The Morgan fingerprint density at radius 2 is 2.18 bits per heavy atom. The fourth-order valence-corrected chi connectivity index (χ4v) is 3.35. The van der Waals surface area contributed by atoms with E-state index < -0.39 is 15.4 Å². The highest BCUT2D eigenvalue weighted by Crippen LogP contribution is 2.33. The topological polar surface area (TPSA) is 63.6 Å². The normalized spacial score (nSPS) is 30.4. The van der Waals surface area contributed by atoms with Gasteiger partial charge in [-0.05, 0) is 32.1 Å². The average molecular weight is 264 g/mol.